The highest BCUT2D eigenvalue weighted by Gasteiger charge is 2.14. The highest BCUT2D eigenvalue weighted by molar-refractivity contribution is 9.10. The minimum Gasteiger partial charge on any atom is -0.397 e. The lowest BCUT2D eigenvalue weighted by Crippen LogP contribution is -2.36. The van der Waals surface area contributed by atoms with Gasteiger partial charge in [0.05, 0.1) is 18.0 Å². The average molecular weight is 287 g/mol. The van der Waals surface area contributed by atoms with E-state index in [2.05, 4.69) is 34.7 Å². The Morgan fingerprint density at radius 2 is 2.19 bits per heavy atom. The van der Waals surface area contributed by atoms with Crippen LogP contribution in [-0.2, 0) is 4.74 Å². The van der Waals surface area contributed by atoms with Gasteiger partial charge in [0.25, 0.3) is 0 Å². The van der Waals surface area contributed by atoms with E-state index in [4.69, 9.17) is 10.5 Å². The fraction of sp³-hybridized carbons (Fsp3) is 0.500. The van der Waals surface area contributed by atoms with Crippen LogP contribution in [0.1, 0.15) is 13.8 Å². The number of benzene rings is 1. The van der Waals surface area contributed by atoms with Gasteiger partial charge in [0.2, 0.25) is 0 Å². The Kier molecular flexibility index (Phi) is 5.09. The molecule has 0 aromatic heterocycles. The number of hydrogen-bond donors (Lipinski definition) is 1. The molecular formula is C12H19BrN2O. The Labute approximate surface area is 106 Å². The van der Waals surface area contributed by atoms with E-state index in [0.29, 0.717) is 12.6 Å². The van der Waals surface area contributed by atoms with Crippen LogP contribution >= 0.6 is 15.9 Å². The number of likely N-dealkylation sites (N-methyl/N-ethyl adjacent to an activating group) is 1. The molecule has 0 heterocycles. The molecule has 1 aromatic rings. The van der Waals surface area contributed by atoms with Crippen molar-refractivity contribution in [2.75, 3.05) is 30.9 Å². The SMILES string of the molecule is CCN(c1ccc(Br)cc1N)C(C)COC. The molecule has 1 aromatic carbocycles. The maximum atomic E-state index is 6.02. The molecule has 0 aliphatic heterocycles. The number of halogens is 1. The second kappa shape index (κ2) is 6.11. The summed E-state index contributed by atoms with van der Waals surface area (Å²) in [5, 5.41) is 0. The van der Waals surface area contributed by atoms with Crippen LogP contribution in [0, 0.1) is 0 Å². The molecule has 0 saturated heterocycles. The van der Waals surface area contributed by atoms with Crippen molar-refractivity contribution in [3.05, 3.63) is 22.7 Å². The van der Waals surface area contributed by atoms with E-state index < -0.39 is 0 Å². The van der Waals surface area contributed by atoms with Crippen molar-refractivity contribution in [3.8, 4) is 0 Å². The summed E-state index contributed by atoms with van der Waals surface area (Å²) in [5.74, 6) is 0. The van der Waals surface area contributed by atoms with Crippen molar-refractivity contribution in [3.63, 3.8) is 0 Å². The van der Waals surface area contributed by atoms with Crippen LogP contribution in [0.4, 0.5) is 11.4 Å². The van der Waals surface area contributed by atoms with Gasteiger partial charge in [0.1, 0.15) is 0 Å². The van der Waals surface area contributed by atoms with Gasteiger partial charge in [-0.3, -0.25) is 0 Å². The first kappa shape index (κ1) is 13.3. The molecule has 0 aliphatic rings. The van der Waals surface area contributed by atoms with Gasteiger partial charge in [-0.1, -0.05) is 15.9 Å². The molecule has 1 rings (SSSR count). The molecule has 2 N–H and O–H groups in total. The highest BCUT2D eigenvalue weighted by atomic mass is 79.9. The standard InChI is InChI=1S/C12H19BrN2O/c1-4-15(9(2)8-16-3)12-6-5-10(13)7-11(12)14/h5-7,9H,4,8,14H2,1-3H3. The molecule has 0 radical (unpaired) electrons. The molecule has 4 heteroatoms. The van der Waals surface area contributed by atoms with E-state index in [1.807, 2.05) is 18.2 Å². The highest BCUT2D eigenvalue weighted by Crippen LogP contribution is 2.28. The molecule has 1 unspecified atom stereocenters. The van der Waals surface area contributed by atoms with Crippen molar-refractivity contribution < 1.29 is 4.74 Å². The molecule has 0 amide bonds. The Hall–Kier alpha value is -0.740. The second-order valence-corrected chi connectivity index (χ2v) is 4.71. The van der Waals surface area contributed by atoms with Gasteiger partial charge in [-0.15, -0.1) is 0 Å². The summed E-state index contributed by atoms with van der Waals surface area (Å²) in [6.45, 7) is 5.86. The number of anilines is 2. The number of ether oxygens (including phenoxy) is 1. The fourth-order valence-corrected chi connectivity index (χ4v) is 2.22. The van der Waals surface area contributed by atoms with Crippen LogP contribution in [0.5, 0.6) is 0 Å². The third-order valence-electron chi connectivity index (χ3n) is 2.58. The van der Waals surface area contributed by atoms with Gasteiger partial charge < -0.3 is 15.4 Å². The Morgan fingerprint density at radius 1 is 1.50 bits per heavy atom. The summed E-state index contributed by atoms with van der Waals surface area (Å²) in [4.78, 5) is 2.24. The van der Waals surface area contributed by atoms with Crippen molar-refractivity contribution in [2.24, 2.45) is 0 Å². The molecule has 0 spiro atoms. The Balaban J connectivity index is 2.94. The quantitative estimate of drug-likeness (QED) is 0.846. The number of methoxy groups -OCH3 is 1. The molecule has 16 heavy (non-hydrogen) atoms. The zero-order valence-electron chi connectivity index (χ0n) is 10.0. The lowest BCUT2D eigenvalue weighted by atomic mass is 10.2. The minimum absolute atomic E-state index is 0.318. The van der Waals surface area contributed by atoms with Crippen molar-refractivity contribution in [1.82, 2.24) is 0 Å². The van der Waals surface area contributed by atoms with Crippen LogP contribution in [0.15, 0.2) is 22.7 Å². The van der Waals surface area contributed by atoms with Gasteiger partial charge in [-0.25, -0.2) is 0 Å². The predicted molar refractivity (Wildman–Crippen MR) is 72.9 cm³/mol. The van der Waals surface area contributed by atoms with Crippen LogP contribution in [-0.4, -0.2) is 26.3 Å². The largest absolute Gasteiger partial charge is 0.397 e. The average Bonchev–Trinajstić information content (AvgIpc) is 2.22. The van der Waals surface area contributed by atoms with Crippen molar-refractivity contribution in [1.29, 1.82) is 0 Å². The molecular weight excluding hydrogens is 268 g/mol. The van der Waals surface area contributed by atoms with E-state index in [9.17, 15) is 0 Å². The van der Waals surface area contributed by atoms with Gasteiger partial charge in [0, 0.05) is 24.2 Å². The molecule has 0 fully saturated rings. The van der Waals surface area contributed by atoms with Crippen LogP contribution < -0.4 is 10.6 Å². The summed E-state index contributed by atoms with van der Waals surface area (Å²) in [7, 11) is 1.72. The smallest absolute Gasteiger partial charge is 0.0663 e. The van der Waals surface area contributed by atoms with E-state index >= 15 is 0 Å². The first-order chi connectivity index (χ1) is 7.60. The lowest BCUT2D eigenvalue weighted by molar-refractivity contribution is 0.182. The number of nitrogens with two attached hydrogens (primary N) is 1. The first-order valence-corrected chi connectivity index (χ1v) is 6.20. The summed E-state index contributed by atoms with van der Waals surface area (Å²) >= 11 is 3.41. The van der Waals surface area contributed by atoms with E-state index in [1.54, 1.807) is 7.11 Å². The molecule has 0 bridgehead atoms. The number of rotatable bonds is 5. The summed E-state index contributed by atoms with van der Waals surface area (Å²) in [6, 6.07) is 6.29. The molecule has 0 saturated carbocycles. The number of nitrogen functional groups attached to an aromatic ring is 1. The van der Waals surface area contributed by atoms with E-state index in [0.717, 1.165) is 22.4 Å². The molecule has 1 atom stereocenters. The normalized spacial score (nSPS) is 12.5. The Morgan fingerprint density at radius 3 is 2.69 bits per heavy atom. The number of nitrogens with zero attached hydrogens (tertiary/aromatic N) is 1. The van der Waals surface area contributed by atoms with Gasteiger partial charge in [0.15, 0.2) is 0 Å². The minimum atomic E-state index is 0.318. The summed E-state index contributed by atoms with van der Waals surface area (Å²) in [6.07, 6.45) is 0. The summed E-state index contributed by atoms with van der Waals surface area (Å²) < 4.78 is 6.18. The third kappa shape index (κ3) is 3.12. The van der Waals surface area contributed by atoms with E-state index in [1.165, 1.54) is 0 Å². The molecule has 90 valence electrons. The van der Waals surface area contributed by atoms with Crippen molar-refractivity contribution >= 4 is 27.3 Å². The van der Waals surface area contributed by atoms with Gasteiger partial charge in [-0.05, 0) is 32.0 Å². The molecule has 3 nitrogen and oxygen atoms in total. The van der Waals surface area contributed by atoms with Crippen molar-refractivity contribution in [2.45, 2.75) is 19.9 Å². The zero-order chi connectivity index (χ0) is 12.1. The van der Waals surface area contributed by atoms with E-state index in [-0.39, 0.29) is 0 Å². The lowest BCUT2D eigenvalue weighted by Gasteiger charge is -2.30. The number of hydrogen-bond acceptors (Lipinski definition) is 3. The second-order valence-electron chi connectivity index (χ2n) is 3.79. The van der Waals surface area contributed by atoms with Crippen LogP contribution in [0.2, 0.25) is 0 Å². The first-order valence-electron chi connectivity index (χ1n) is 5.40. The summed E-state index contributed by atoms with van der Waals surface area (Å²) in [5.41, 5.74) is 7.88. The zero-order valence-corrected chi connectivity index (χ0v) is 11.6. The maximum absolute atomic E-state index is 6.02. The van der Waals surface area contributed by atoms with Gasteiger partial charge in [-0.2, -0.15) is 0 Å². The monoisotopic (exact) mass is 286 g/mol. The molecule has 0 aliphatic carbocycles. The topological polar surface area (TPSA) is 38.5 Å². The maximum Gasteiger partial charge on any atom is 0.0663 e. The third-order valence-corrected chi connectivity index (χ3v) is 3.07. The van der Waals surface area contributed by atoms with Crippen LogP contribution in [0.3, 0.4) is 0 Å². The predicted octanol–water partition coefficient (Wildman–Crippen LogP) is 2.89. The van der Waals surface area contributed by atoms with Gasteiger partial charge >= 0.3 is 0 Å². The Bertz CT molecular complexity index is 344. The fourth-order valence-electron chi connectivity index (χ4n) is 1.84. The van der Waals surface area contributed by atoms with Crippen LogP contribution in [0.25, 0.3) is 0 Å².